The average molecular weight is 574 g/mol. The smallest absolute Gasteiger partial charge is 0.284 e. The van der Waals surface area contributed by atoms with Gasteiger partial charge >= 0.3 is 0 Å². The van der Waals surface area contributed by atoms with E-state index in [2.05, 4.69) is 105 Å². The van der Waals surface area contributed by atoms with Gasteiger partial charge < -0.3 is 9.80 Å². The summed E-state index contributed by atoms with van der Waals surface area (Å²) in [6.07, 6.45) is 1.54. The van der Waals surface area contributed by atoms with Crippen LogP contribution in [0.2, 0.25) is 0 Å². The van der Waals surface area contributed by atoms with Crippen molar-refractivity contribution in [1.82, 2.24) is 9.80 Å². The molecule has 0 aliphatic carbocycles. The Hall–Kier alpha value is -4.04. The van der Waals surface area contributed by atoms with Gasteiger partial charge in [-0.05, 0) is 66.5 Å². The predicted octanol–water partition coefficient (Wildman–Crippen LogP) is 8.09. The zero-order chi connectivity index (χ0) is 31.5. The lowest BCUT2D eigenvalue weighted by atomic mass is 9.68. The zero-order valence-electron chi connectivity index (χ0n) is 26.9. The third-order valence-corrected chi connectivity index (χ3v) is 8.78. The molecular weight excluding hydrogens is 526 g/mol. The Kier molecular flexibility index (Phi) is 12.0. The van der Waals surface area contributed by atoms with Gasteiger partial charge in [0.15, 0.2) is 0 Å². The molecule has 2 atom stereocenters. The molecule has 4 nitrogen and oxygen atoms in total. The number of hydrogen-bond donors (Lipinski definition) is 0. The predicted molar refractivity (Wildman–Crippen MR) is 180 cm³/mol. The Morgan fingerprint density at radius 3 is 1.19 bits per heavy atom. The standard InChI is InChI=1S/C20H25NO.C19H22N2/c1-16(21(3)4)15-20(17(2)22,18-11-7-5-8-12-18)19-13-9-6-10-14-19;1-16(21(3)4)15-19(20-2,17-11-7-5-8-12-17)18-13-9-6-10-14-18/h5-14,16H,15H2,1-4H3;5-14,16H,15H2,1,3-4H3. The fourth-order valence-electron chi connectivity index (χ4n) is 5.64. The van der Waals surface area contributed by atoms with Crippen LogP contribution in [0, 0.1) is 6.57 Å². The highest BCUT2D eigenvalue weighted by Crippen LogP contribution is 2.40. The van der Waals surface area contributed by atoms with Crippen LogP contribution in [0.4, 0.5) is 0 Å². The molecule has 0 bridgehead atoms. The SMILES string of the molecule is CC(=O)C(CC(C)N(C)C)(c1ccccc1)c1ccccc1.[C-]#[N+]C(CC(C)N(C)C)(c1ccccc1)c1ccccc1. The normalized spacial score (nSPS) is 13.0. The topological polar surface area (TPSA) is 27.9 Å². The van der Waals surface area contributed by atoms with E-state index in [0.717, 1.165) is 35.1 Å². The second-order valence-electron chi connectivity index (χ2n) is 11.9. The van der Waals surface area contributed by atoms with Crippen molar-refractivity contribution >= 4 is 5.78 Å². The van der Waals surface area contributed by atoms with Crippen LogP contribution in [0.15, 0.2) is 121 Å². The Bertz CT molecular complexity index is 1350. The van der Waals surface area contributed by atoms with Gasteiger partial charge in [-0.2, -0.15) is 0 Å². The van der Waals surface area contributed by atoms with Crippen LogP contribution in [0.3, 0.4) is 0 Å². The molecule has 4 heteroatoms. The van der Waals surface area contributed by atoms with E-state index in [9.17, 15) is 4.79 Å². The van der Waals surface area contributed by atoms with Gasteiger partial charge in [-0.3, -0.25) is 9.64 Å². The van der Waals surface area contributed by atoms with Gasteiger partial charge in [-0.15, -0.1) is 0 Å². The van der Waals surface area contributed by atoms with Crippen LogP contribution in [-0.4, -0.2) is 55.9 Å². The first-order valence-electron chi connectivity index (χ1n) is 15.0. The number of nitrogens with zero attached hydrogens (tertiary/aromatic N) is 3. The lowest BCUT2D eigenvalue weighted by Gasteiger charge is -2.37. The third kappa shape index (κ3) is 7.87. The number of carbonyl (C=O) groups is 1. The first kappa shape index (κ1) is 33.5. The summed E-state index contributed by atoms with van der Waals surface area (Å²) in [6, 6.07) is 41.2. The molecule has 0 spiro atoms. The van der Waals surface area contributed by atoms with E-state index < -0.39 is 11.0 Å². The highest BCUT2D eigenvalue weighted by atomic mass is 16.1. The van der Waals surface area contributed by atoms with E-state index in [-0.39, 0.29) is 5.78 Å². The van der Waals surface area contributed by atoms with Crippen molar-refractivity contribution in [2.45, 2.75) is 56.7 Å². The molecule has 0 amide bonds. The molecular formula is C39H47N3O. The molecule has 2 unspecified atom stereocenters. The molecule has 0 fully saturated rings. The minimum atomic E-state index is -0.619. The molecule has 4 aromatic rings. The first-order chi connectivity index (χ1) is 20.6. The molecule has 0 heterocycles. The largest absolute Gasteiger partial charge is 0.307 e. The first-order valence-corrected chi connectivity index (χ1v) is 15.0. The number of carbonyl (C=O) groups excluding carboxylic acids is 1. The van der Waals surface area contributed by atoms with Gasteiger partial charge in [0, 0.05) is 23.2 Å². The van der Waals surface area contributed by atoms with Crippen molar-refractivity contribution in [1.29, 1.82) is 0 Å². The minimum Gasteiger partial charge on any atom is -0.307 e. The van der Waals surface area contributed by atoms with Crippen molar-refractivity contribution in [3.63, 3.8) is 0 Å². The zero-order valence-corrected chi connectivity index (χ0v) is 26.9. The molecule has 0 aliphatic heterocycles. The van der Waals surface area contributed by atoms with Gasteiger partial charge in [-0.1, -0.05) is 121 Å². The van der Waals surface area contributed by atoms with Gasteiger partial charge in [-0.25, -0.2) is 6.57 Å². The van der Waals surface area contributed by atoms with Gasteiger partial charge in [0.25, 0.3) is 5.54 Å². The number of hydrogen-bond acceptors (Lipinski definition) is 3. The van der Waals surface area contributed by atoms with E-state index >= 15 is 0 Å². The second-order valence-corrected chi connectivity index (χ2v) is 11.9. The van der Waals surface area contributed by atoms with Crippen molar-refractivity contribution in [3.05, 3.63) is 155 Å². The van der Waals surface area contributed by atoms with Crippen molar-refractivity contribution < 1.29 is 4.79 Å². The molecule has 0 aliphatic rings. The van der Waals surface area contributed by atoms with Crippen molar-refractivity contribution in [2.75, 3.05) is 28.2 Å². The summed E-state index contributed by atoms with van der Waals surface area (Å²) in [5.41, 5.74) is 3.07. The Labute approximate surface area is 259 Å². The van der Waals surface area contributed by atoms with Crippen LogP contribution >= 0.6 is 0 Å². The van der Waals surface area contributed by atoms with Crippen LogP contribution < -0.4 is 0 Å². The fourth-order valence-corrected chi connectivity index (χ4v) is 5.64. The summed E-state index contributed by atoms with van der Waals surface area (Å²) in [6.45, 7) is 14.0. The van der Waals surface area contributed by atoms with Gasteiger partial charge in [0.05, 0.1) is 11.8 Å². The van der Waals surface area contributed by atoms with Crippen LogP contribution in [0.5, 0.6) is 0 Å². The second kappa shape index (κ2) is 15.4. The van der Waals surface area contributed by atoms with Crippen LogP contribution in [0.25, 0.3) is 4.85 Å². The summed E-state index contributed by atoms with van der Waals surface area (Å²) in [5.74, 6) is 0.193. The molecule has 224 valence electrons. The molecule has 0 aromatic heterocycles. The van der Waals surface area contributed by atoms with Crippen molar-refractivity contribution in [2.24, 2.45) is 0 Å². The van der Waals surface area contributed by atoms with E-state index in [1.54, 1.807) is 6.92 Å². The Morgan fingerprint density at radius 2 is 0.907 bits per heavy atom. The average Bonchev–Trinajstić information content (AvgIpc) is 3.04. The number of ketones is 1. The van der Waals surface area contributed by atoms with E-state index in [1.165, 1.54) is 0 Å². The summed E-state index contributed by atoms with van der Waals surface area (Å²) < 4.78 is 0. The third-order valence-electron chi connectivity index (χ3n) is 8.78. The molecule has 43 heavy (non-hydrogen) atoms. The lowest BCUT2D eigenvalue weighted by molar-refractivity contribution is -0.121. The summed E-state index contributed by atoms with van der Waals surface area (Å²) in [4.78, 5) is 21.3. The van der Waals surface area contributed by atoms with Gasteiger partial charge in [0.1, 0.15) is 5.78 Å². The molecule has 0 radical (unpaired) electrons. The quantitative estimate of drug-likeness (QED) is 0.170. The van der Waals surface area contributed by atoms with Crippen LogP contribution in [-0.2, 0) is 15.7 Å². The Balaban J connectivity index is 0.000000236. The fraction of sp³-hybridized carbons (Fsp3) is 0.333. The van der Waals surface area contributed by atoms with Crippen molar-refractivity contribution in [3.8, 4) is 0 Å². The Morgan fingerprint density at radius 1 is 0.605 bits per heavy atom. The monoisotopic (exact) mass is 573 g/mol. The number of Topliss-reactive ketones (excluding diaryl/α,β-unsaturated/α-hetero) is 1. The number of rotatable bonds is 11. The van der Waals surface area contributed by atoms with E-state index in [0.29, 0.717) is 12.1 Å². The van der Waals surface area contributed by atoms with E-state index in [1.807, 2.05) is 72.8 Å². The summed E-state index contributed by atoms with van der Waals surface area (Å²) in [5, 5.41) is 0. The molecule has 0 saturated carbocycles. The molecule has 4 rings (SSSR count). The van der Waals surface area contributed by atoms with Crippen LogP contribution in [0.1, 0.15) is 55.9 Å². The van der Waals surface area contributed by atoms with Gasteiger partial charge in [0.2, 0.25) is 0 Å². The lowest BCUT2D eigenvalue weighted by Crippen LogP contribution is -2.42. The number of benzene rings is 4. The maximum atomic E-state index is 12.8. The van der Waals surface area contributed by atoms with E-state index in [4.69, 9.17) is 6.57 Å². The molecule has 0 saturated heterocycles. The maximum Gasteiger partial charge on any atom is 0.284 e. The molecule has 4 aromatic carbocycles. The minimum absolute atomic E-state index is 0.193. The highest BCUT2D eigenvalue weighted by molar-refractivity contribution is 5.92. The summed E-state index contributed by atoms with van der Waals surface area (Å²) >= 11 is 0. The maximum absolute atomic E-state index is 12.8. The summed E-state index contributed by atoms with van der Waals surface area (Å²) in [7, 11) is 8.25. The molecule has 0 N–H and O–H groups in total. The highest BCUT2D eigenvalue weighted by Gasteiger charge is 2.43.